The summed E-state index contributed by atoms with van der Waals surface area (Å²) in [6.45, 7) is 1.91. The van der Waals surface area contributed by atoms with Gasteiger partial charge in [-0.2, -0.15) is 0 Å². The first kappa shape index (κ1) is 16.8. The van der Waals surface area contributed by atoms with Gasteiger partial charge in [-0.1, -0.05) is 60.2 Å². The fraction of sp³-hybridized carbons (Fsp3) is 0.0435. The number of furan rings is 1. The summed E-state index contributed by atoms with van der Waals surface area (Å²) >= 11 is 0. The maximum absolute atomic E-state index is 12.9. The number of hydrogen-bond acceptors (Lipinski definition) is 3. The van der Waals surface area contributed by atoms with E-state index in [0.29, 0.717) is 22.4 Å². The highest BCUT2D eigenvalue weighted by Crippen LogP contribution is 2.24. The van der Waals surface area contributed by atoms with Gasteiger partial charge in [-0.25, -0.2) is 0 Å². The topological polar surface area (TPSA) is 59.3 Å². The molecule has 4 nitrogen and oxygen atoms in total. The van der Waals surface area contributed by atoms with Gasteiger partial charge in [0.25, 0.3) is 5.91 Å². The second-order valence-corrected chi connectivity index (χ2v) is 6.35. The first-order chi connectivity index (χ1) is 13.1. The van der Waals surface area contributed by atoms with E-state index in [9.17, 15) is 9.59 Å². The Morgan fingerprint density at radius 1 is 0.852 bits per heavy atom. The number of hydrogen-bond donors (Lipinski definition) is 1. The van der Waals surface area contributed by atoms with Crippen molar-refractivity contribution in [3.63, 3.8) is 0 Å². The van der Waals surface area contributed by atoms with Gasteiger partial charge in [-0.15, -0.1) is 0 Å². The number of aryl methyl sites for hydroxylation is 1. The summed E-state index contributed by atoms with van der Waals surface area (Å²) in [7, 11) is 0. The number of carbonyl (C=O) groups excluding carboxylic acids is 2. The number of ketones is 1. The van der Waals surface area contributed by atoms with Gasteiger partial charge in [0, 0.05) is 16.5 Å². The minimum absolute atomic E-state index is 0.140. The van der Waals surface area contributed by atoms with Crippen LogP contribution in [0.25, 0.3) is 11.0 Å². The zero-order valence-corrected chi connectivity index (χ0v) is 14.7. The minimum atomic E-state index is -0.392. The molecule has 1 amide bonds. The zero-order chi connectivity index (χ0) is 18.8. The van der Waals surface area contributed by atoms with Gasteiger partial charge in [0.05, 0.1) is 5.69 Å². The molecule has 1 heterocycles. The second kappa shape index (κ2) is 6.92. The third-order valence-electron chi connectivity index (χ3n) is 4.35. The number of rotatable bonds is 4. The van der Waals surface area contributed by atoms with Crippen LogP contribution >= 0.6 is 0 Å². The van der Waals surface area contributed by atoms with Crippen LogP contribution in [0, 0.1) is 6.92 Å². The Morgan fingerprint density at radius 3 is 2.37 bits per heavy atom. The van der Waals surface area contributed by atoms with Crippen molar-refractivity contribution in [1.29, 1.82) is 0 Å². The second-order valence-electron chi connectivity index (χ2n) is 6.35. The van der Waals surface area contributed by atoms with Gasteiger partial charge in [-0.05, 0) is 31.2 Å². The van der Waals surface area contributed by atoms with Gasteiger partial charge in [0.1, 0.15) is 5.58 Å². The third-order valence-corrected chi connectivity index (χ3v) is 4.35. The van der Waals surface area contributed by atoms with Crippen LogP contribution in [0.5, 0.6) is 0 Å². The smallest absolute Gasteiger partial charge is 0.291 e. The van der Waals surface area contributed by atoms with Crippen molar-refractivity contribution in [3.05, 3.63) is 101 Å². The predicted molar refractivity (Wildman–Crippen MR) is 105 cm³/mol. The van der Waals surface area contributed by atoms with Crippen LogP contribution < -0.4 is 5.32 Å². The molecular formula is C23H17NO3. The van der Waals surface area contributed by atoms with E-state index in [-0.39, 0.29) is 11.5 Å². The van der Waals surface area contributed by atoms with Gasteiger partial charge in [-0.3, -0.25) is 9.59 Å². The van der Waals surface area contributed by atoms with Crippen molar-refractivity contribution in [2.75, 3.05) is 5.32 Å². The van der Waals surface area contributed by atoms with Crippen molar-refractivity contribution in [2.45, 2.75) is 6.92 Å². The molecule has 0 fully saturated rings. The zero-order valence-electron chi connectivity index (χ0n) is 14.7. The molecule has 0 bridgehead atoms. The Hall–Kier alpha value is -3.66. The Kier molecular flexibility index (Phi) is 4.30. The predicted octanol–water partition coefficient (Wildman–Crippen LogP) is 5.22. The van der Waals surface area contributed by atoms with E-state index in [2.05, 4.69) is 5.32 Å². The van der Waals surface area contributed by atoms with Gasteiger partial charge >= 0.3 is 0 Å². The highest BCUT2D eigenvalue weighted by molar-refractivity contribution is 6.15. The van der Waals surface area contributed by atoms with Crippen LogP contribution in [0.1, 0.15) is 32.0 Å². The van der Waals surface area contributed by atoms with Gasteiger partial charge in [0.2, 0.25) is 0 Å². The van der Waals surface area contributed by atoms with Crippen LogP contribution in [0.2, 0.25) is 0 Å². The standard InChI is InChI=1S/C23H17NO3/c1-15-11-12-19(18(13-15)22(25)16-7-3-2-4-8-16)24-23(26)21-14-17-9-5-6-10-20(17)27-21/h2-14H,1H3,(H,24,26). The number of carbonyl (C=O) groups is 2. The van der Waals surface area contributed by atoms with Crippen molar-refractivity contribution < 1.29 is 14.0 Å². The minimum Gasteiger partial charge on any atom is -0.451 e. The van der Waals surface area contributed by atoms with E-state index in [0.717, 1.165) is 10.9 Å². The molecule has 132 valence electrons. The normalized spacial score (nSPS) is 10.7. The molecule has 0 saturated heterocycles. The molecule has 3 aromatic carbocycles. The average Bonchev–Trinajstić information content (AvgIpc) is 3.14. The third kappa shape index (κ3) is 3.37. The van der Waals surface area contributed by atoms with Crippen molar-refractivity contribution in [2.24, 2.45) is 0 Å². The molecule has 0 saturated carbocycles. The van der Waals surface area contributed by atoms with Crippen molar-refractivity contribution in [1.82, 2.24) is 0 Å². The summed E-state index contributed by atoms with van der Waals surface area (Å²) in [6, 6.07) is 23.5. The lowest BCUT2D eigenvalue weighted by molar-refractivity contribution is 0.0998. The molecule has 0 aliphatic heterocycles. The number of benzene rings is 3. The number of fused-ring (bicyclic) bond motifs is 1. The Labute approximate surface area is 156 Å². The lowest BCUT2D eigenvalue weighted by Crippen LogP contribution is -2.15. The fourth-order valence-corrected chi connectivity index (χ4v) is 2.98. The van der Waals surface area contributed by atoms with Crippen LogP contribution in [0.4, 0.5) is 5.69 Å². The van der Waals surface area contributed by atoms with E-state index in [1.54, 1.807) is 30.3 Å². The Balaban J connectivity index is 1.67. The van der Waals surface area contributed by atoms with E-state index in [4.69, 9.17) is 4.42 Å². The fourth-order valence-electron chi connectivity index (χ4n) is 2.98. The molecule has 4 heteroatoms. The molecule has 4 rings (SSSR count). The molecule has 0 aliphatic carbocycles. The Bertz CT molecular complexity index is 1110. The number of anilines is 1. The summed E-state index contributed by atoms with van der Waals surface area (Å²) in [6.07, 6.45) is 0. The lowest BCUT2D eigenvalue weighted by Gasteiger charge is -2.11. The highest BCUT2D eigenvalue weighted by atomic mass is 16.3. The average molecular weight is 355 g/mol. The summed E-state index contributed by atoms with van der Waals surface area (Å²) in [4.78, 5) is 25.6. The van der Waals surface area contributed by atoms with Gasteiger partial charge in [0.15, 0.2) is 11.5 Å². The first-order valence-corrected chi connectivity index (χ1v) is 8.62. The molecule has 0 atom stereocenters. The van der Waals surface area contributed by atoms with E-state index in [1.807, 2.05) is 55.5 Å². The maximum Gasteiger partial charge on any atom is 0.291 e. The monoisotopic (exact) mass is 355 g/mol. The van der Waals surface area contributed by atoms with Crippen LogP contribution in [0.3, 0.4) is 0 Å². The van der Waals surface area contributed by atoms with Crippen LogP contribution in [0.15, 0.2) is 83.3 Å². The summed E-state index contributed by atoms with van der Waals surface area (Å²) in [5, 5.41) is 3.67. The molecule has 0 spiro atoms. The Morgan fingerprint density at radius 2 is 1.59 bits per heavy atom. The lowest BCUT2D eigenvalue weighted by atomic mass is 9.99. The molecule has 4 aromatic rings. The molecule has 27 heavy (non-hydrogen) atoms. The van der Waals surface area contributed by atoms with Crippen molar-refractivity contribution in [3.8, 4) is 0 Å². The van der Waals surface area contributed by atoms with Crippen LogP contribution in [-0.4, -0.2) is 11.7 Å². The number of para-hydroxylation sites is 1. The molecule has 1 N–H and O–H groups in total. The largest absolute Gasteiger partial charge is 0.451 e. The number of nitrogens with one attached hydrogen (secondary N) is 1. The van der Waals surface area contributed by atoms with Crippen LogP contribution in [-0.2, 0) is 0 Å². The summed E-state index contributed by atoms with van der Waals surface area (Å²) < 4.78 is 5.61. The quantitative estimate of drug-likeness (QED) is 0.510. The van der Waals surface area contributed by atoms with E-state index in [1.165, 1.54) is 0 Å². The first-order valence-electron chi connectivity index (χ1n) is 8.62. The SMILES string of the molecule is Cc1ccc(NC(=O)c2cc3ccccc3o2)c(C(=O)c2ccccc2)c1. The molecule has 0 unspecified atom stereocenters. The van der Waals surface area contributed by atoms with E-state index >= 15 is 0 Å². The molecular weight excluding hydrogens is 338 g/mol. The van der Waals surface area contributed by atoms with E-state index < -0.39 is 5.91 Å². The molecule has 0 radical (unpaired) electrons. The summed E-state index contributed by atoms with van der Waals surface area (Å²) in [5.74, 6) is -0.328. The van der Waals surface area contributed by atoms with Gasteiger partial charge < -0.3 is 9.73 Å². The highest BCUT2D eigenvalue weighted by Gasteiger charge is 2.18. The molecule has 1 aromatic heterocycles. The maximum atomic E-state index is 12.9. The number of amides is 1. The molecule has 0 aliphatic rings. The summed E-state index contributed by atoms with van der Waals surface area (Å²) in [5.41, 5.74) is 3.07. The van der Waals surface area contributed by atoms with Crippen molar-refractivity contribution >= 4 is 28.3 Å².